The second-order valence-electron chi connectivity index (χ2n) is 9.43. The van der Waals surface area contributed by atoms with Crippen LogP contribution in [0.5, 0.6) is 0 Å². The summed E-state index contributed by atoms with van der Waals surface area (Å²) in [5.74, 6) is -0.991. The first-order valence-corrected chi connectivity index (χ1v) is 18.1. The van der Waals surface area contributed by atoms with E-state index in [-0.39, 0.29) is 118 Å². The third-order valence-electron chi connectivity index (χ3n) is 5.87. The van der Waals surface area contributed by atoms with Gasteiger partial charge in [0.2, 0.25) is 0 Å². The van der Waals surface area contributed by atoms with E-state index in [0.717, 1.165) is 38.5 Å². The van der Waals surface area contributed by atoms with Crippen molar-refractivity contribution in [2.24, 2.45) is 0 Å². The molecule has 0 atom stereocenters. The molecule has 0 unspecified atom stereocenters. The Kier molecular flexibility index (Phi) is 33.5. The van der Waals surface area contributed by atoms with Gasteiger partial charge >= 0.3 is 113 Å². The second kappa shape index (κ2) is 27.9. The molecular weight excluding hydrogens is 591 g/mol. The van der Waals surface area contributed by atoms with Gasteiger partial charge < -0.3 is 2.85 Å². The molecular formula is C24H52K2O8S3. The quantitative estimate of drug-likeness (QED) is 0.101. The van der Waals surface area contributed by atoms with E-state index in [1.807, 2.05) is 0 Å². The fourth-order valence-electron chi connectivity index (χ4n) is 3.87. The van der Waals surface area contributed by atoms with Crippen LogP contribution in [0, 0.1) is 0 Å². The maximum Gasteiger partial charge on any atom is 1.00 e. The molecule has 0 spiro atoms. The zero-order chi connectivity index (χ0) is 26.5. The predicted molar refractivity (Wildman–Crippen MR) is 145 cm³/mol. The van der Waals surface area contributed by atoms with Crippen molar-refractivity contribution < 1.29 is 138 Å². The first-order chi connectivity index (χ1) is 16.5. The molecule has 37 heavy (non-hydrogen) atoms. The third-order valence-corrected chi connectivity index (χ3v) is 10.4. The zero-order valence-corrected chi connectivity index (χ0v) is 32.7. The average molecular weight is 643 g/mol. The molecule has 0 saturated carbocycles. The molecule has 0 aromatic rings. The van der Waals surface area contributed by atoms with Gasteiger partial charge in [-0.2, -0.15) is 25.3 Å². The Morgan fingerprint density at radius 2 is 0.622 bits per heavy atom. The summed E-state index contributed by atoms with van der Waals surface area (Å²) in [6.07, 6.45) is 19.9. The van der Waals surface area contributed by atoms with Crippen LogP contribution in [-0.2, 0) is 37.9 Å². The molecule has 0 radical (unpaired) electrons. The van der Waals surface area contributed by atoms with Crippen LogP contribution in [0.3, 0.4) is 0 Å². The summed E-state index contributed by atoms with van der Waals surface area (Å²) in [5.41, 5.74) is 0. The van der Waals surface area contributed by atoms with E-state index in [4.69, 9.17) is 0 Å². The van der Waals surface area contributed by atoms with Crippen LogP contribution in [0.4, 0.5) is 0 Å². The summed E-state index contributed by atoms with van der Waals surface area (Å²) in [7, 11) is -14.1. The Bertz CT molecular complexity index is 766. The summed E-state index contributed by atoms with van der Waals surface area (Å²) in [4.78, 5) is 0. The molecule has 0 heterocycles. The van der Waals surface area contributed by atoms with E-state index < -0.39 is 42.1 Å². The van der Waals surface area contributed by atoms with Gasteiger partial charge in [-0.15, -0.1) is 7.26 Å². The fourth-order valence-corrected chi connectivity index (χ4v) is 7.85. The second-order valence-corrected chi connectivity index (χ2v) is 14.4. The zero-order valence-electron chi connectivity index (χ0n) is 26.0. The normalized spacial score (nSPS) is 12.2. The van der Waals surface area contributed by atoms with E-state index >= 15 is 0 Å². The summed E-state index contributed by atoms with van der Waals surface area (Å²) >= 11 is 0. The minimum atomic E-state index is -5.20. The molecule has 0 aliphatic carbocycles. The minimum Gasteiger partial charge on any atom is -1.00 e. The number of hydrogen-bond acceptors (Lipinski definition) is 8. The van der Waals surface area contributed by atoms with Crippen molar-refractivity contribution >= 4 is 30.6 Å². The van der Waals surface area contributed by atoms with Crippen molar-refractivity contribution in [1.29, 1.82) is 0 Å². The molecule has 0 N–H and O–H groups in total. The third kappa shape index (κ3) is 31.8. The maximum atomic E-state index is 11.9. The van der Waals surface area contributed by atoms with Crippen LogP contribution < -0.4 is 103 Å². The van der Waals surface area contributed by atoms with Gasteiger partial charge in [0, 0.05) is 0 Å². The van der Waals surface area contributed by atoms with Gasteiger partial charge in [0.25, 0.3) is 20.2 Å². The molecule has 0 aliphatic heterocycles. The molecule has 0 aromatic carbocycles. The summed E-state index contributed by atoms with van der Waals surface area (Å²) in [6, 6.07) is 0. The average Bonchev–Trinajstić information content (AvgIpc) is 2.74. The van der Waals surface area contributed by atoms with Gasteiger partial charge in [0.1, 0.15) is 0 Å². The molecule has 0 saturated heterocycles. The molecule has 13 heteroatoms. The number of unbranched alkanes of at least 4 members (excludes halogenated alkanes) is 18. The van der Waals surface area contributed by atoms with Crippen molar-refractivity contribution in [3.05, 3.63) is 0 Å². The smallest absolute Gasteiger partial charge is 1.00 e. The van der Waals surface area contributed by atoms with Gasteiger partial charge in [-0.05, 0) is 12.8 Å². The van der Waals surface area contributed by atoms with Crippen LogP contribution >= 0.6 is 0 Å². The number of hydrogen-bond donors (Lipinski definition) is 0. The Morgan fingerprint density at radius 3 is 0.865 bits per heavy atom. The minimum absolute atomic E-state index is 0. The van der Waals surface area contributed by atoms with Gasteiger partial charge in [-0.3, -0.25) is 0 Å². The predicted octanol–water partition coefficient (Wildman–Crippen LogP) is 0.999. The molecule has 0 aliphatic rings. The van der Waals surface area contributed by atoms with Gasteiger partial charge in [0.15, 0.2) is 0 Å². The maximum absolute atomic E-state index is 11.9. The van der Waals surface area contributed by atoms with E-state index in [1.165, 1.54) is 64.2 Å². The van der Waals surface area contributed by atoms with Crippen LogP contribution in [0.15, 0.2) is 0 Å². The Morgan fingerprint density at radius 1 is 0.405 bits per heavy atom. The van der Waals surface area contributed by atoms with Crippen LogP contribution in [0.1, 0.15) is 145 Å². The van der Waals surface area contributed by atoms with Crippen molar-refractivity contribution in [2.75, 3.05) is 11.5 Å². The largest absolute Gasteiger partial charge is 1.00 e. The topological polar surface area (TPSA) is 121 Å². The van der Waals surface area contributed by atoms with E-state index in [1.54, 1.807) is 0 Å². The molecule has 0 bridgehead atoms. The first kappa shape index (κ1) is 44.5. The van der Waals surface area contributed by atoms with Gasteiger partial charge in [-0.1, -0.05) is 129 Å². The van der Waals surface area contributed by atoms with Crippen LogP contribution in [0.2, 0.25) is 0 Å². The number of rotatable bonds is 26. The fraction of sp³-hybridized carbons (Fsp3) is 1.00. The SMILES string of the molecule is CCCCCCCCCCCCS(=O)(=O)OS(=O)(=O)OS(=O)(=O)CCCCCCCCCCCC.[H-].[H-].[K+].[K+]. The molecule has 0 aromatic heterocycles. The summed E-state index contributed by atoms with van der Waals surface area (Å²) in [5, 5.41) is 0. The van der Waals surface area contributed by atoms with Crippen molar-refractivity contribution in [1.82, 2.24) is 0 Å². The summed E-state index contributed by atoms with van der Waals surface area (Å²) < 4.78 is 79.6. The Labute approximate surface area is 317 Å². The standard InChI is InChI=1S/C24H50O8S3.2K.2H/c1-3-5-7-9-11-13-15-17-19-21-23-33(25,26)31-35(29,30)32-34(27,28)24-22-20-18-16-14-12-10-8-6-4-2;;;;/h3-24H2,1-2H3;;;;/q;2*+1;2*-1. The van der Waals surface area contributed by atoms with E-state index in [2.05, 4.69) is 21.1 Å². The molecule has 0 amide bonds. The molecule has 0 fully saturated rings. The monoisotopic (exact) mass is 642 g/mol. The van der Waals surface area contributed by atoms with Crippen LogP contribution in [0.25, 0.3) is 0 Å². The van der Waals surface area contributed by atoms with Crippen molar-refractivity contribution in [3.8, 4) is 0 Å². The molecule has 216 valence electrons. The Hall–Kier alpha value is 3.04. The summed E-state index contributed by atoms with van der Waals surface area (Å²) in [6.45, 7) is 4.35. The van der Waals surface area contributed by atoms with Crippen molar-refractivity contribution in [3.63, 3.8) is 0 Å². The van der Waals surface area contributed by atoms with Crippen LogP contribution in [-0.4, -0.2) is 36.8 Å². The Balaban J connectivity index is -0.000000963. The van der Waals surface area contributed by atoms with E-state index in [0.29, 0.717) is 12.8 Å². The van der Waals surface area contributed by atoms with Gasteiger partial charge in [-0.25, -0.2) is 0 Å². The molecule has 8 nitrogen and oxygen atoms in total. The van der Waals surface area contributed by atoms with Crippen molar-refractivity contribution in [2.45, 2.75) is 142 Å². The first-order valence-electron chi connectivity index (χ1n) is 13.7. The van der Waals surface area contributed by atoms with Gasteiger partial charge in [0.05, 0.1) is 11.5 Å². The molecule has 0 rings (SSSR count). The van der Waals surface area contributed by atoms with E-state index in [9.17, 15) is 25.3 Å².